The fraction of sp³-hybridized carbons (Fsp3) is 0.455. The SMILES string of the molecule is CC(OF)C1CCc2ccccc2O1. The Kier molecular flexibility index (Phi) is 2.68. The van der Waals surface area contributed by atoms with Crippen LogP contribution in [0.4, 0.5) is 4.53 Å². The minimum absolute atomic E-state index is 0.171. The van der Waals surface area contributed by atoms with Gasteiger partial charge in [0.05, 0.1) is 0 Å². The number of hydrogen-bond acceptors (Lipinski definition) is 2. The first kappa shape index (κ1) is 9.46. The smallest absolute Gasteiger partial charge is 0.132 e. The summed E-state index contributed by atoms with van der Waals surface area (Å²) < 4.78 is 17.6. The second kappa shape index (κ2) is 3.96. The van der Waals surface area contributed by atoms with Crippen molar-refractivity contribution < 1.29 is 14.2 Å². The van der Waals surface area contributed by atoms with Gasteiger partial charge in [-0.3, -0.25) is 0 Å². The van der Waals surface area contributed by atoms with Crippen molar-refractivity contribution in [3.05, 3.63) is 29.8 Å². The third kappa shape index (κ3) is 1.73. The largest absolute Gasteiger partial charge is 0.487 e. The average molecular weight is 196 g/mol. The van der Waals surface area contributed by atoms with Gasteiger partial charge in [0.1, 0.15) is 18.0 Å². The fourth-order valence-electron chi connectivity index (χ4n) is 1.73. The van der Waals surface area contributed by atoms with Crippen molar-refractivity contribution in [3.63, 3.8) is 0 Å². The molecule has 14 heavy (non-hydrogen) atoms. The molecule has 0 N–H and O–H groups in total. The Bertz CT molecular complexity index is 314. The number of ether oxygens (including phenoxy) is 1. The highest BCUT2D eigenvalue weighted by Gasteiger charge is 2.25. The lowest BCUT2D eigenvalue weighted by molar-refractivity contribution is -0.199. The summed E-state index contributed by atoms with van der Waals surface area (Å²) in [5, 5.41) is 0. The Labute approximate surface area is 82.5 Å². The first-order chi connectivity index (χ1) is 6.81. The predicted molar refractivity (Wildman–Crippen MR) is 50.8 cm³/mol. The van der Waals surface area contributed by atoms with Crippen LogP contribution in [0.15, 0.2) is 24.3 Å². The van der Waals surface area contributed by atoms with Gasteiger partial charge in [-0.25, -0.2) is 0 Å². The summed E-state index contributed by atoms with van der Waals surface area (Å²) in [6.45, 7) is 1.68. The van der Waals surface area contributed by atoms with Gasteiger partial charge >= 0.3 is 0 Å². The minimum Gasteiger partial charge on any atom is -0.487 e. The van der Waals surface area contributed by atoms with Crippen LogP contribution in [0.3, 0.4) is 0 Å². The van der Waals surface area contributed by atoms with Crippen LogP contribution in [0.1, 0.15) is 18.9 Å². The molecular weight excluding hydrogens is 183 g/mol. The summed E-state index contributed by atoms with van der Waals surface area (Å²) in [5.74, 6) is 0.854. The molecule has 1 aromatic carbocycles. The Balaban J connectivity index is 2.13. The molecule has 1 aliphatic rings. The molecular formula is C11H13FO2. The molecule has 0 aromatic heterocycles. The van der Waals surface area contributed by atoms with Crippen LogP contribution in [0.2, 0.25) is 0 Å². The summed E-state index contributed by atoms with van der Waals surface area (Å²) in [7, 11) is 0. The van der Waals surface area contributed by atoms with Crippen molar-refractivity contribution in [1.29, 1.82) is 0 Å². The molecule has 0 amide bonds. The van der Waals surface area contributed by atoms with Crippen LogP contribution < -0.4 is 4.74 Å². The zero-order chi connectivity index (χ0) is 9.97. The van der Waals surface area contributed by atoms with Crippen LogP contribution in [0.25, 0.3) is 0 Å². The van der Waals surface area contributed by atoms with Crippen LogP contribution in [-0.4, -0.2) is 12.2 Å². The second-order valence-corrected chi connectivity index (χ2v) is 3.60. The lowest BCUT2D eigenvalue weighted by Crippen LogP contribution is -2.33. The topological polar surface area (TPSA) is 18.5 Å². The maximum atomic E-state index is 12.0. The van der Waals surface area contributed by atoms with E-state index in [1.807, 2.05) is 24.3 Å². The van der Waals surface area contributed by atoms with E-state index in [2.05, 4.69) is 4.94 Å². The molecule has 2 unspecified atom stereocenters. The first-order valence-corrected chi connectivity index (χ1v) is 4.83. The second-order valence-electron chi connectivity index (χ2n) is 3.60. The summed E-state index contributed by atoms with van der Waals surface area (Å²) in [4.78, 5) is 3.78. The molecule has 76 valence electrons. The quantitative estimate of drug-likeness (QED) is 0.724. The van der Waals surface area contributed by atoms with Gasteiger partial charge in [0.2, 0.25) is 0 Å². The van der Waals surface area contributed by atoms with Gasteiger partial charge in [0.15, 0.2) is 0 Å². The molecule has 3 heteroatoms. The van der Waals surface area contributed by atoms with Crippen LogP contribution >= 0.6 is 0 Å². The maximum Gasteiger partial charge on any atom is 0.132 e. The lowest BCUT2D eigenvalue weighted by atomic mass is 10.00. The van der Waals surface area contributed by atoms with E-state index < -0.39 is 6.10 Å². The van der Waals surface area contributed by atoms with Crippen molar-refractivity contribution in [2.45, 2.75) is 32.0 Å². The van der Waals surface area contributed by atoms with Gasteiger partial charge < -0.3 is 4.74 Å². The highest BCUT2D eigenvalue weighted by Crippen LogP contribution is 2.28. The molecule has 2 rings (SSSR count). The monoisotopic (exact) mass is 196 g/mol. The van der Waals surface area contributed by atoms with E-state index in [1.54, 1.807) is 6.92 Å². The van der Waals surface area contributed by atoms with Crippen molar-refractivity contribution in [2.75, 3.05) is 0 Å². The molecule has 0 fully saturated rings. The van der Waals surface area contributed by atoms with Gasteiger partial charge in [0.25, 0.3) is 0 Å². The Morgan fingerprint density at radius 1 is 1.50 bits per heavy atom. The Morgan fingerprint density at radius 2 is 2.29 bits per heavy atom. The molecule has 2 atom stereocenters. The summed E-state index contributed by atoms with van der Waals surface area (Å²) in [6.07, 6.45) is 1.06. The van der Waals surface area contributed by atoms with E-state index in [1.165, 1.54) is 5.56 Å². The van der Waals surface area contributed by atoms with E-state index in [0.717, 1.165) is 18.6 Å². The minimum atomic E-state index is -0.497. The van der Waals surface area contributed by atoms with E-state index in [4.69, 9.17) is 4.74 Å². The van der Waals surface area contributed by atoms with Gasteiger partial charge in [-0.2, -0.15) is 4.94 Å². The first-order valence-electron chi connectivity index (χ1n) is 4.83. The van der Waals surface area contributed by atoms with Gasteiger partial charge in [-0.15, -0.1) is 0 Å². The lowest BCUT2D eigenvalue weighted by Gasteiger charge is -2.28. The number of fused-ring (bicyclic) bond motifs is 1. The molecule has 1 aliphatic heterocycles. The highest BCUT2D eigenvalue weighted by atomic mass is 19.3. The Hall–Kier alpha value is -1.09. The molecule has 0 radical (unpaired) electrons. The molecule has 0 bridgehead atoms. The van der Waals surface area contributed by atoms with Crippen molar-refractivity contribution in [2.24, 2.45) is 0 Å². The molecule has 0 saturated carbocycles. The van der Waals surface area contributed by atoms with Crippen molar-refractivity contribution >= 4 is 0 Å². The fourth-order valence-corrected chi connectivity index (χ4v) is 1.73. The van der Waals surface area contributed by atoms with Gasteiger partial charge in [0, 0.05) is 0 Å². The van der Waals surface area contributed by atoms with Crippen LogP contribution in [-0.2, 0) is 11.4 Å². The predicted octanol–water partition coefficient (Wildman–Crippen LogP) is 2.67. The molecule has 1 heterocycles. The molecule has 0 saturated heterocycles. The van der Waals surface area contributed by atoms with E-state index in [0.29, 0.717) is 0 Å². The third-order valence-corrected chi connectivity index (χ3v) is 2.61. The molecule has 0 aliphatic carbocycles. The normalized spacial score (nSPS) is 22.3. The number of aryl methyl sites for hydroxylation is 1. The molecule has 1 aromatic rings. The van der Waals surface area contributed by atoms with Crippen LogP contribution in [0.5, 0.6) is 5.75 Å². The average Bonchev–Trinajstić information content (AvgIpc) is 2.27. The maximum absolute atomic E-state index is 12.0. The molecule has 0 spiro atoms. The highest BCUT2D eigenvalue weighted by molar-refractivity contribution is 5.35. The van der Waals surface area contributed by atoms with E-state index in [-0.39, 0.29) is 6.10 Å². The summed E-state index contributed by atoms with van der Waals surface area (Å²) in [6, 6.07) is 7.85. The number of halogens is 1. The number of para-hydroxylation sites is 1. The van der Waals surface area contributed by atoms with Gasteiger partial charge in [-0.1, -0.05) is 18.2 Å². The van der Waals surface area contributed by atoms with E-state index >= 15 is 0 Å². The van der Waals surface area contributed by atoms with Crippen molar-refractivity contribution in [1.82, 2.24) is 0 Å². The Morgan fingerprint density at radius 3 is 3.07 bits per heavy atom. The van der Waals surface area contributed by atoms with Crippen molar-refractivity contribution in [3.8, 4) is 5.75 Å². The van der Waals surface area contributed by atoms with Crippen LogP contribution in [0, 0.1) is 0 Å². The number of benzene rings is 1. The zero-order valence-electron chi connectivity index (χ0n) is 8.07. The summed E-state index contributed by atoms with van der Waals surface area (Å²) in [5.41, 5.74) is 1.19. The number of hydrogen-bond donors (Lipinski definition) is 0. The van der Waals surface area contributed by atoms with Gasteiger partial charge in [-0.05, 0) is 35.9 Å². The summed E-state index contributed by atoms with van der Waals surface area (Å²) >= 11 is 0. The van der Waals surface area contributed by atoms with E-state index in [9.17, 15) is 4.53 Å². The third-order valence-electron chi connectivity index (χ3n) is 2.61. The molecule has 2 nitrogen and oxygen atoms in total. The standard InChI is InChI=1S/C11H13FO2/c1-8(14-12)10-7-6-9-4-2-3-5-11(9)13-10/h2-5,8,10H,6-7H2,1H3. The zero-order valence-corrected chi connectivity index (χ0v) is 8.07. The number of rotatable bonds is 2.